The number of anilines is 1. The zero-order valence-electron chi connectivity index (χ0n) is 9.60. The number of hydrogen-bond donors (Lipinski definition) is 2. The predicted octanol–water partition coefficient (Wildman–Crippen LogP) is 1.71. The Kier molecular flexibility index (Phi) is 4.45. The number of nitro groups is 1. The molecule has 0 aromatic heterocycles. The number of hydrogen-bond acceptors (Lipinski definition) is 4. The first-order valence-electron chi connectivity index (χ1n) is 5.38. The zero-order chi connectivity index (χ0) is 12.8. The molecule has 0 heterocycles. The van der Waals surface area contributed by atoms with Crippen LogP contribution in [0.5, 0.6) is 0 Å². The van der Waals surface area contributed by atoms with Gasteiger partial charge >= 0.3 is 0 Å². The summed E-state index contributed by atoms with van der Waals surface area (Å²) >= 11 is 0. The molecule has 3 N–H and O–H groups in total. The molecule has 0 aliphatic heterocycles. The van der Waals surface area contributed by atoms with E-state index in [4.69, 9.17) is 5.73 Å². The molecule has 1 aromatic rings. The van der Waals surface area contributed by atoms with E-state index < -0.39 is 4.92 Å². The molecule has 92 valence electrons. The van der Waals surface area contributed by atoms with Crippen molar-refractivity contribution < 1.29 is 9.72 Å². The molecule has 6 heteroatoms. The molecule has 0 aliphatic rings. The Hall–Kier alpha value is -2.11. The monoisotopic (exact) mass is 237 g/mol. The van der Waals surface area contributed by atoms with Gasteiger partial charge in [0.2, 0.25) is 0 Å². The maximum Gasteiger partial charge on any atom is 0.292 e. The zero-order valence-corrected chi connectivity index (χ0v) is 9.60. The van der Waals surface area contributed by atoms with E-state index in [1.54, 1.807) is 0 Å². The number of benzene rings is 1. The molecule has 0 atom stereocenters. The Labute approximate surface area is 99.0 Å². The van der Waals surface area contributed by atoms with Crippen molar-refractivity contribution in [1.29, 1.82) is 0 Å². The number of nitrogens with zero attached hydrogens (tertiary/aromatic N) is 1. The van der Waals surface area contributed by atoms with E-state index in [1.807, 2.05) is 6.92 Å². The first-order chi connectivity index (χ1) is 8.06. The number of nitrogen functional groups attached to an aromatic ring is 1. The van der Waals surface area contributed by atoms with Crippen LogP contribution in [0.1, 0.15) is 30.1 Å². The smallest absolute Gasteiger partial charge is 0.292 e. The number of unbranched alkanes of at least 4 members (excludes halogenated alkanes) is 1. The molecule has 17 heavy (non-hydrogen) atoms. The standard InChI is InChI=1S/C11H15N3O3/c1-2-3-6-13-11(15)8-4-5-10(14(16)17)9(12)7-8/h4-5,7H,2-3,6,12H2,1H3,(H,13,15). The summed E-state index contributed by atoms with van der Waals surface area (Å²) in [5.74, 6) is -0.264. The summed E-state index contributed by atoms with van der Waals surface area (Å²) in [6.07, 6.45) is 1.89. The molecular formula is C11H15N3O3. The summed E-state index contributed by atoms with van der Waals surface area (Å²) in [7, 11) is 0. The van der Waals surface area contributed by atoms with Gasteiger partial charge in [0.1, 0.15) is 5.69 Å². The third kappa shape index (κ3) is 3.44. The Morgan fingerprint density at radius 2 is 2.24 bits per heavy atom. The number of rotatable bonds is 5. The lowest BCUT2D eigenvalue weighted by atomic mass is 10.1. The van der Waals surface area contributed by atoms with E-state index in [2.05, 4.69) is 5.32 Å². The van der Waals surface area contributed by atoms with Gasteiger partial charge in [-0.3, -0.25) is 14.9 Å². The van der Waals surface area contributed by atoms with Crippen molar-refractivity contribution in [3.8, 4) is 0 Å². The van der Waals surface area contributed by atoms with E-state index in [0.717, 1.165) is 12.8 Å². The number of amides is 1. The molecule has 6 nitrogen and oxygen atoms in total. The van der Waals surface area contributed by atoms with Gasteiger partial charge in [0.25, 0.3) is 11.6 Å². The van der Waals surface area contributed by atoms with Crippen molar-refractivity contribution in [2.45, 2.75) is 19.8 Å². The van der Waals surface area contributed by atoms with E-state index in [9.17, 15) is 14.9 Å². The minimum Gasteiger partial charge on any atom is -0.393 e. The Morgan fingerprint density at radius 1 is 1.53 bits per heavy atom. The van der Waals surface area contributed by atoms with Crippen LogP contribution in [0.4, 0.5) is 11.4 Å². The molecule has 1 amide bonds. The lowest BCUT2D eigenvalue weighted by Crippen LogP contribution is -2.24. The van der Waals surface area contributed by atoms with Gasteiger partial charge in [0.15, 0.2) is 0 Å². The Bertz CT molecular complexity index is 432. The fourth-order valence-corrected chi connectivity index (χ4v) is 1.34. The van der Waals surface area contributed by atoms with Crippen molar-refractivity contribution in [3.63, 3.8) is 0 Å². The van der Waals surface area contributed by atoms with Crippen LogP contribution in [0.3, 0.4) is 0 Å². The summed E-state index contributed by atoms with van der Waals surface area (Å²) in [6, 6.07) is 3.96. The second-order valence-corrected chi connectivity index (χ2v) is 3.64. The highest BCUT2D eigenvalue weighted by Crippen LogP contribution is 2.21. The van der Waals surface area contributed by atoms with E-state index in [-0.39, 0.29) is 17.3 Å². The second-order valence-electron chi connectivity index (χ2n) is 3.64. The minimum atomic E-state index is -0.575. The number of nitrogens with two attached hydrogens (primary N) is 1. The number of nitrogens with one attached hydrogen (secondary N) is 1. The maximum atomic E-state index is 11.6. The van der Waals surface area contributed by atoms with Crippen LogP contribution in [-0.2, 0) is 0 Å². The SMILES string of the molecule is CCCCNC(=O)c1ccc([N+](=O)[O-])c(N)c1. The van der Waals surface area contributed by atoms with Gasteiger partial charge in [0, 0.05) is 18.2 Å². The normalized spacial score (nSPS) is 9.94. The Balaban J connectivity index is 2.76. The molecule has 1 aromatic carbocycles. The van der Waals surface area contributed by atoms with Crippen molar-refractivity contribution in [1.82, 2.24) is 5.32 Å². The minimum absolute atomic E-state index is 0.00172. The van der Waals surface area contributed by atoms with Gasteiger partial charge < -0.3 is 11.1 Å². The molecule has 0 fully saturated rings. The maximum absolute atomic E-state index is 11.6. The molecular weight excluding hydrogens is 222 g/mol. The van der Waals surface area contributed by atoms with Crippen molar-refractivity contribution in [2.24, 2.45) is 0 Å². The molecule has 0 bridgehead atoms. The van der Waals surface area contributed by atoms with E-state index in [0.29, 0.717) is 12.1 Å². The summed E-state index contributed by atoms with van der Waals surface area (Å²) in [6.45, 7) is 2.61. The highest BCUT2D eigenvalue weighted by atomic mass is 16.6. The lowest BCUT2D eigenvalue weighted by molar-refractivity contribution is -0.383. The van der Waals surface area contributed by atoms with E-state index in [1.165, 1.54) is 18.2 Å². The van der Waals surface area contributed by atoms with Crippen LogP contribution in [0, 0.1) is 10.1 Å². The van der Waals surface area contributed by atoms with Crippen LogP contribution in [-0.4, -0.2) is 17.4 Å². The van der Waals surface area contributed by atoms with Gasteiger partial charge in [-0.15, -0.1) is 0 Å². The quantitative estimate of drug-likeness (QED) is 0.352. The largest absolute Gasteiger partial charge is 0.393 e. The fraction of sp³-hybridized carbons (Fsp3) is 0.364. The van der Waals surface area contributed by atoms with E-state index >= 15 is 0 Å². The van der Waals surface area contributed by atoms with Gasteiger partial charge in [-0.2, -0.15) is 0 Å². The van der Waals surface area contributed by atoms with Gasteiger partial charge in [0.05, 0.1) is 4.92 Å². The topological polar surface area (TPSA) is 98.3 Å². The highest BCUT2D eigenvalue weighted by molar-refractivity contribution is 5.95. The molecule has 0 spiro atoms. The molecule has 1 rings (SSSR count). The van der Waals surface area contributed by atoms with Gasteiger partial charge in [-0.1, -0.05) is 13.3 Å². The van der Waals surface area contributed by atoms with Gasteiger partial charge in [-0.05, 0) is 18.6 Å². The summed E-state index contributed by atoms with van der Waals surface area (Å²) in [5.41, 5.74) is 5.64. The van der Waals surface area contributed by atoms with Crippen LogP contribution >= 0.6 is 0 Å². The third-order valence-corrected chi connectivity index (χ3v) is 2.30. The van der Waals surface area contributed by atoms with Crippen LogP contribution in [0.25, 0.3) is 0 Å². The average molecular weight is 237 g/mol. The Morgan fingerprint density at radius 3 is 2.76 bits per heavy atom. The molecule has 0 saturated carbocycles. The van der Waals surface area contributed by atoms with Crippen LogP contribution in [0.15, 0.2) is 18.2 Å². The number of nitro benzene ring substituents is 1. The molecule has 0 saturated heterocycles. The molecule has 0 radical (unpaired) electrons. The van der Waals surface area contributed by atoms with Gasteiger partial charge in [-0.25, -0.2) is 0 Å². The second kappa shape index (κ2) is 5.83. The number of carbonyl (C=O) groups is 1. The summed E-state index contributed by atoms with van der Waals surface area (Å²) in [4.78, 5) is 21.6. The van der Waals surface area contributed by atoms with Crippen LogP contribution in [0.2, 0.25) is 0 Å². The van der Waals surface area contributed by atoms with Crippen molar-refractivity contribution in [3.05, 3.63) is 33.9 Å². The molecule has 0 aliphatic carbocycles. The summed E-state index contributed by atoms with van der Waals surface area (Å²) < 4.78 is 0. The first-order valence-corrected chi connectivity index (χ1v) is 5.38. The van der Waals surface area contributed by atoms with Crippen LogP contribution < -0.4 is 11.1 Å². The first kappa shape index (κ1) is 13.0. The van der Waals surface area contributed by atoms with Crippen molar-refractivity contribution in [2.75, 3.05) is 12.3 Å². The lowest BCUT2D eigenvalue weighted by Gasteiger charge is -2.05. The van der Waals surface area contributed by atoms with Crippen molar-refractivity contribution >= 4 is 17.3 Å². The highest BCUT2D eigenvalue weighted by Gasteiger charge is 2.13. The fourth-order valence-electron chi connectivity index (χ4n) is 1.34. The summed E-state index contributed by atoms with van der Waals surface area (Å²) in [5, 5.41) is 13.3. The number of carbonyl (C=O) groups excluding carboxylic acids is 1. The molecule has 0 unspecified atom stereocenters. The predicted molar refractivity (Wildman–Crippen MR) is 64.8 cm³/mol. The third-order valence-electron chi connectivity index (χ3n) is 2.30. The average Bonchev–Trinajstić information content (AvgIpc) is 2.28.